The number of phenols is 18. The Morgan fingerprint density at radius 2 is 0.526 bits per heavy atom. The lowest BCUT2D eigenvalue weighted by atomic mass is 9.94. The SMILES string of the molecule is O=C(OC[C@@H](OC(=O)c1cc(O)c(O)c(O)c1)[C@@H](OC(=O)c1cc(O)c(O)c(O)c1)[C@H](OC(=O)c1cc(O)c(O)c(O)c1)[C@@H](OC(=O)c1cc(O)c(O)c(O)c1)C(=O)C(=O)c1cc(O)c(O)c(O)c1)c1cc(O)c(O)c(O)c1. The van der Waals surface area contributed by atoms with Crippen molar-refractivity contribution in [2.24, 2.45) is 0 Å². The molecule has 30 nitrogen and oxygen atoms in total. The number of ether oxygens (including phenoxy) is 5. The van der Waals surface area contributed by atoms with E-state index in [0.29, 0.717) is 72.8 Å². The van der Waals surface area contributed by atoms with E-state index in [1.165, 1.54) is 0 Å². The van der Waals surface area contributed by atoms with Crippen molar-refractivity contribution >= 4 is 41.4 Å². The molecule has 0 saturated heterocycles. The van der Waals surface area contributed by atoms with Crippen LogP contribution in [0, 0.1) is 0 Å². The molecule has 6 aromatic rings. The first kappa shape index (κ1) is 55.7. The summed E-state index contributed by atoms with van der Waals surface area (Å²) in [5.41, 5.74) is -6.26. The van der Waals surface area contributed by atoms with Gasteiger partial charge in [-0.3, -0.25) is 9.59 Å². The summed E-state index contributed by atoms with van der Waals surface area (Å²) in [6.07, 6.45) is -12.8. The molecule has 0 aromatic heterocycles. The Morgan fingerprint density at radius 3 is 0.821 bits per heavy atom. The number of carbonyl (C=O) groups is 7. The van der Waals surface area contributed by atoms with Gasteiger partial charge in [-0.1, -0.05) is 0 Å². The van der Waals surface area contributed by atoms with E-state index in [1.807, 2.05) is 0 Å². The second kappa shape index (κ2) is 21.9. The van der Waals surface area contributed by atoms with E-state index in [0.717, 1.165) is 0 Å². The van der Waals surface area contributed by atoms with Gasteiger partial charge in [0.15, 0.2) is 122 Å². The molecular formula is C48H36O30. The van der Waals surface area contributed by atoms with Crippen molar-refractivity contribution in [1.82, 2.24) is 0 Å². The Balaban J connectivity index is 1.68. The Labute approximate surface area is 430 Å². The predicted molar refractivity (Wildman–Crippen MR) is 245 cm³/mol. The number of phenolic OH excluding ortho intramolecular Hbond substituents is 18. The van der Waals surface area contributed by atoms with E-state index in [4.69, 9.17) is 23.7 Å². The molecule has 0 unspecified atom stereocenters. The highest BCUT2D eigenvalue weighted by Gasteiger charge is 2.50. The van der Waals surface area contributed by atoms with Gasteiger partial charge in [-0.25, -0.2) is 24.0 Å². The van der Waals surface area contributed by atoms with Crippen LogP contribution >= 0.6 is 0 Å². The molecule has 78 heavy (non-hydrogen) atoms. The molecule has 0 bridgehead atoms. The van der Waals surface area contributed by atoms with Crippen molar-refractivity contribution in [1.29, 1.82) is 0 Å². The summed E-state index contributed by atoms with van der Waals surface area (Å²) < 4.78 is 27.1. The first-order chi connectivity index (χ1) is 36.5. The Kier molecular flexibility index (Phi) is 15.6. The minimum atomic E-state index is -3.39. The van der Waals surface area contributed by atoms with Crippen molar-refractivity contribution in [3.63, 3.8) is 0 Å². The average molecular weight is 1090 g/mol. The summed E-state index contributed by atoms with van der Waals surface area (Å²) in [5, 5.41) is 183. The number of esters is 5. The minimum Gasteiger partial charge on any atom is -0.504 e. The molecule has 0 radical (unpaired) electrons. The molecule has 0 aliphatic carbocycles. The maximum Gasteiger partial charge on any atom is 0.339 e. The Bertz CT molecular complexity index is 3330. The number of hydrogen-bond acceptors (Lipinski definition) is 30. The lowest BCUT2D eigenvalue weighted by Crippen LogP contribution is -2.56. The van der Waals surface area contributed by atoms with Crippen LogP contribution < -0.4 is 0 Å². The summed E-state index contributed by atoms with van der Waals surface area (Å²) in [6.45, 7) is -1.72. The third kappa shape index (κ3) is 11.6. The molecule has 0 aliphatic rings. The highest BCUT2D eigenvalue weighted by molar-refractivity contribution is 6.45. The molecule has 30 heteroatoms. The fraction of sp³-hybridized carbons (Fsp3) is 0.104. The number of Topliss-reactive ketones (excluding diaryl/α,β-unsaturated/α-hetero) is 2. The van der Waals surface area contributed by atoms with Gasteiger partial charge in [0.05, 0.1) is 27.8 Å². The topological polar surface area (TPSA) is 530 Å². The number of ketones is 2. The van der Waals surface area contributed by atoms with Crippen LogP contribution in [0.2, 0.25) is 0 Å². The summed E-state index contributed by atoms with van der Waals surface area (Å²) in [4.78, 5) is 99.6. The molecule has 4 atom stereocenters. The summed E-state index contributed by atoms with van der Waals surface area (Å²) in [5.74, 6) is -36.7. The number of carbonyl (C=O) groups excluding carboxylic acids is 7. The van der Waals surface area contributed by atoms with Crippen molar-refractivity contribution in [3.05, 3.63) is 106 Å². The first-order valence-corrected chi connectivity index (χ1v) is 21.1. The van der Waals surface area contributed by atoms with Gasteiger partial charge in [-0.2, -0.15) is 0 Å². The van der Waals surface area contributed by atoms with Gasteiger partial charge in [-0.15, -0.1) is 0 Å². The number of benzene rings is 6. The molecule has 18 N–H and O–H groups in total. The Morgan fingerprint density at radius 1 is 0.295 bits per heavy atom. The van der Waals surface area contributed by atoms with Gasteiger partial charge in [0.2, 0.25) is 17.7 Å². The molecule has 6 rings (SSSR count). The van der Waals surface area contributed by atoms with E-state index in [9.17, 15) is 125 Å². The van der Waals surface area contributed by atoms with Crippen molar-refractivity contribution in [2.45, 2.75) is 24.4 Å². The van der Waals surface area contributed by atoms with Crippen molar-refractivity contribution in [2.75, 3.05) is 6.61 Å². The number of hydrogen-bond donors (Lipinski definition) is 18. The van der Waals surface area contributed by atoms with Gasteiger partial charge in [0.25, 0.3) is 0 Å². The molecule has 0 spiro atoms. The van der Waals surface area contributed by atoms with Crippen LogP contribution in [0.1, 0.15) is 62.1 Å². The zero-order chi connectivity index (χ0) is 57.9. The second-order valence-corrected chi connectivity index (χ2v) is 16.0. The maximum atomic E-state index is 14.9. The smallest absolute Gasteiger partial charge is 0.339 e. The molecule has 0 saturated carbocycles. The van der Waals surface area contributed by atoms with Crippen LogP contribution in [0.4, 0.5) is 0 Å². The van der Waals surface area contributed by atoms with Gasteiger partial charge in [0, 0.05) is 5.56 Å². The summed E-state index contributed by atoms with van der Waals surface area (Å²) in [6, 6.07) is 4.54. The van der Waals surface area contributed by atoms with Gasteiger partial charge in [0.1, 0.15) is 6.61 Å². The molecule has 0 fully saturated rings. The molecule has 0 amide bonds. The second-order valence-electron chi connectivity index (χ2n) is 16.0. The largest absolute Gasteiger partial charge is 0.504 e. The zero-order valence-electron chi connectivity index (χ0n) is 38.4. The van der Waals surface area contributed by atoms with Crippen molar-refractivity contribution < 1.29 is 149 Å². The molecule has 0 aliphatic heterocycles. The van der Waals surface area contributed by atoms with Crippen LogP contribution in [0.25, 0.3) is 0 Å². The van der Waals surface area contributed by atoms with Crippen molar-refractivity contribution in [3.8, 4) is 103 Å². The predicted octanol–water partition coefficient (Wildman–Crippen LogP) is 1.90. The molecule has 6 aromatic carbocycles. The third-order valence-corrected chi connectivity index (χ3v) is 10.7. The lowest BCUT2D eigenvalue weighted by molar-refractivity contribution is -0.148. The van der Waals surface area contributed by atoms with E-state index >= 15 is 0 Å². The van der Waals surface area contributed by atoms with Gasteiger partial charge in [-0.05, 0) is 72.8 Å². The summed E-state index contributed by atoms with van der Waals surface area (Å²) in [7, 11) is 0. The highest BCUT2D eigenvalue weighted by Crippen LogP contribution is 2.42. The first-order valence-electron chi connectivity index (χ1n) is 21.1. The molecule has 0 heterocycles. The van der Waals surface area contributed by atoms with Crippen LogP contribution in [-0.4, -0.2) is 164 Å². The van der Waals surface area contributed by atoms with Crippen LogP contribution in [0.3, 0.4) is 0 Å². The fourth-order valence-electron chi connectivity index (χ4n) is 6.75. The normalized spacial score (nSPS) is 12.5. The number of aromatic hydroxyl groups is 18. The summed E-state index contributed by atoms with van der Waals surface area (Å²) >= 11 is 0. The molecular weight excluding hydrogens is 1060 g/mol. The lowest BCUT2D eigenvalue weighted by Gasteiger charge is -2.35. The van der Waals surface area contributed by atoms with E-state index in [1.54, 1.807) is 0 Å². The fourth-order valence-corrected chi connectivity index (χ4v) is 6.75. The highest BCUT2D eigenvalue weighted by atomic mass is 16.6. The van der Waals surface area contributed by atoms with Crippen LogP contribution in [0.15, 0.2) is 72.8 Å². The average Bonchev–Trinajstić information content (AvgIpc) is 3.38. The monoisotopic (exact) mass is 1090 g/mol. The van der Waals surface area contributed by atoms with E-state index < -0.39 is 209 Å². The van der Waals surface area contributed by atoms with Gasteiger partial charge >= 0.3 is 29.8 Å². The standard InChI is InChI=1S/C48H36O30/c49-20-1-14(2-21(50)34(20)62)33(61)40(68)42(77-47(72)18-9-28(57)38(66)29(58)10-18)43(78-48(73)19-11-30(59)39(67)31(60)12-19)41(76-46(71)17-7-26(55)37(65)27(56)8-17)32(75-45(70)16-5-24(53)36(64)25(54)6-16)13-74-44(69)15-3-22(51)35(63)23(52)4-15/h1-12,32,41-43,49-60,62-67H,13H2/t32-,41-,42+,43+/m1/s1. The maximum absolute atomic E-state index is 14.9. The quantitative estimate of drug-likeness (QED) is 0.0204. The van der Waals surface area contributed by atoms with Crippen LogP contribution in [-0.2, 0) is 28.5 Å². The van der Waals surface area contributed by atoms with Crippen LogP contribution in [0.5, 0.6) is 103 Å². The van der Waals surface area contributed by atoms with E-state index in [-0.39, 0.29) is 0 Å². The molecule has 408 valence electrons. The minimum absolute atomic E-state index is 0.319. The zero-order valence-corrected chi connectivity index (χ0v) is 38.4. The third-order valence-electron chi connectivity index (χ3n) is 10.7. The van der Waals surface area contributed by atoms with Gasteiger partial charge < -0.3 is 116 Å². The Hall–Kier alpha value is -11.6. The number of rotatable bonds is 17. The van der Waals surface area contributed by atoms with E-state index in [2.05, 4.69) is 0 Å².